The van der Waals surface area contributed by atoms with E-state index in [1.807, 2.05) is 6.07 Å². The van der Waals surface area contributed by atoms with Gasteiger partial charge in [0.25, 0.3) is 5.91 Å². The predicted molar refractivity (Wildman–Crippen MR) is 88.7 cm³/mol. The molecule has 0 atom stereocenters. The lowest BCUT2D eigenvalue weighted by atomic mass is 10.2. The van der Waals surface area contributed by atoms with E-state index in [-0.39, 0.29) is 17.7 Å². The highest BCUT2D eigenvalue weighted by atomic mass is 16.5. The summed E-state index contributed by atoms with van der Waals surface area (Å²) in [6.45, 7) is 0. The molecule has 1 fully saturated rings. The summed E-state index contributed by atoms with van der Waals surface area (Å²) in [5, 5.41) is 5.69. The van der Waals surface area contributed by atoms with Gasteiger partial charge >= 0.3 is 0 Å². The van der Waals surface area contributed by atoms with Crippen LogP contribution in [0.25, 0.3) is 0 Å². The summed E-state index contributed by atoms with van der Waals surface area (Å²) in [6, 6.07) is 14.1. The summed E-state index contributed by atoms with van der Waals surface area (Å²) < 4.78 is 5.12. The molecule has 1 aliphatic carbocycles. The first-order valence-corrected chi connectivity index (χ1v) is 7.52. The fourth-order valence-corrected chi connectivity index (χ4v) is 2.23. The van der Waals surface area contributed by atoms with Crippen LogP contribution in [0.2, 0.25) is 0 Å². The van der Waals surface area contributed by atoms with Crippen LogP contribution in [-0.4, -0.2) is 18.9 Å². The fraction of sp³-hybridized carbons (Fsp3) is 0.222. The van der Waals surface area contributed by atoms with Crippen molar-refractivity contribution in [3.8, 4) is 5.75 Å². The Hall–Kier alpha value is -2.82. The van der Waals surface area contributed by atoms with Crippen LogP contribution in [0.1, 0.15) is 23.2 Å². The van der Waals surface area contributed by atoms with Crippen LogP contribution < -0.4 is 15.4 Å². The van der Waals surface area contributed by atoms with Crippen LogP contribution in [0.5, 0.6) is 5.75 Å². The van der Waals surface area contributed by atoms with E-state index in [4.69, 9.17) is 4.74 Å². The Balaban J connectivity index is 1.69. The summed E-state index contributed by atoms with van der Waals surface area (Å²) in [5.74, 6) is 0.587. The molecule has 3 rings (SSSR count). The van der Waals surface area contributed by atoms with Gasteiger partial charge in [-0.3, -0.25) is 9.59 Å². The standard InChI is InChI=1S/C18H18N2O3/c1-23-16-7-2-4-13(10-16)18(22)20-15-6-3-5-14(11-15)19-17(21)12-8-9-12/h2-7,10-12H,8-9H2,1H3,(H,19,21)(H,20,22). The quantitative estimate of drug-likeness (QED) is 0.890. The van der Waals surface area contributed by atoms with E-state index in [2.05, 4.69) is 10.6 Å². The van der Waals surface area contributed by atoms with Crippen molar-refractivity contribution in [2.45, 2.75) is 12.8 Å². The van der Waals surface area contributed by atoms with Crippen molar-refractivity contribution in [2.75, 3.05) is 17.7 Å². The maximum atomic E-state index is 12.3. The molecule has 0 aliphatic heterocycles. The van der Waals surface area contributed by atoms with Crippen LogP contribution in [0.4, 0.5) is 11.4 Å². The van der Waals surface area contributed by atoms with Crippen molar-refractivity contribution in [1.82, 2.24) is 0 Å². The smallest absolute Gasteiger partial charge is 0.255 e. The number of benzene rings is 2. The molecule has 0 spiro atoms. The van der Waals surface area contributed by atoms with Gasteiger partial charge in [0, 0.05) is 22.9 Å². The summed E-state index contributed by atoms with van der Waals surface area (Å²) in [4.78, 5) is 24.1. The molecule has 1 saturated carbocycles. The number of hydrogen-bond acceptors (Lipinski definition) is 3. The van der Waals surface area contributed by atoms with E-state index in [9.17, 15) is 9.59 Å². The maximum absolute atomic E-state index is 12.3. The number of methoxy groups -OCH3 is 1. The van der Waals surface area contributed by atoms with Crippen LogP contribution >= 0.6 is 0 Å². The largest absolute Gasteiger partial charge is 0.497 e. The third kappa shape index (κ3) is 3.88. The van der Waals surface area contributed by atoms with Crippen LogP contribution in [0.15, 0.2) is 48.5 Å². The van der Waals surface area contributed by atoms with Gasteiger partial charge in [0.05, 0.1) is 7.11 Å². The molecule has 1 aliphatic rings. The molecule has 2 aromatic carbocycles. The minimum atomic E-state index is -0.227. The van der Waals surface area contributed by atoms with Crippen molar-refractivity contribution in [3.05, 3.63) is 54.1 Å². The topological polar surface area (TPSA) is 67.4 Å². The Kier molecular flexibility index (Phi) is 4.28. The number of nitrogens with one attached hydrogen (secondary N) is 2. The molecule has 2 N–H and O–H groups in total. The van der Waals surface area contributed by atoms with Crippen molar-refractivity contribution >= 4 is 23.2 Å². The molecular weight excluding hydrogens is 292 g/mol. The molecule has 0 heterocycles. The van der Waals surface area contributed by atoms with E-state index in [0.29, 0.717) is 22.7 Å². The first kappa shape index (κ1) is 15.1. The van der Waals surface area contributed by atoms with Gasteiger partial charge in [0.15, 0.2) is 0 Å². The maximum Gasteiger partial charge on any atom is 0.255 e. The van der Waals surface area contributed by atoms with Crippen LogP contribution in [0.3, 0.4) is 0 Å². The minimum Gasteiger partial charge on any atom is -0.497 e. The average Bonchev–Trinajstić information content (AvgIpc) is 3.40. The molecular formula is C18H18N2O3. The molecule has 5 heteroatoms. The third-order valence-corrected chi connectivity index (χ3v) is 3.67. The van der Waals surface area contributed by atoms with E-state index >= 15 is 0 Å². The van der Waals surface area contributed by atoms with E-state index in [1.165, 1.54) is 0 Å². The lowest BCUT2D eigenvalue weighted by Gasteiger charge is -2.09. The van der Waals surface area contributed by atoms with Gasteiger partial charge in [-0.1, -0.05) is 12.1 Å². The highest BCUT2D eigenvalue weighted by molar-refractivity contribution is 6.05. The molecule has 2 amide bonds. The molecule has 5 nitrogen and oxygen atoms in total. The predicted octanol–water partition coefficient (Wildman–Crippen LogP) is 3.30. The molecule has 0 aromatic heterocycles. The van der Waals surface area contributed by atoms with Crippen molar-refractivity contribution in [2.24, 2.45) is 5.92 Å². The van der Waals surface area contributed by atoms with Gasteiger partial charge in [-0.25, -0.2) is 0 Å². The first-order chi connectivity index (χ1) is 11.2. The Bertz CT molecular complexity index is 739. The molecule has 0 radical (unpaired) electrons. The van der Waals surface area contributed by atoms with Gasteiger partial charge in [0.2, 0.25) is 5.91 Å². The van der Waals surface area contributed by atoms with E-state index in [0.717, 1.165) is 12.8 Å². The summed E-state index contributed by atoms with van der Waals surface area (Å²) in [6.07, 6.45) is 1.91. The van der Waals surface area contributed by atoms with E-state index < -0.39 is 0 Å². The highest BCUT2D eigenvalue weighted by Crippen LogP contribution is 2.30. The van der Waals surface area contributed by atoms with Crippen LogP contribution in [-0.2, 0) is 4.79 Å². The van der Waals surface area contributed by atoms with Gasteiger partial charge in [-0.15, -0.1) is 0 Å². The lowest BCUT2D eigenvalue weighted by molar-refractivity contribution is -0.117. The Morgan fingerprint density at radius 3 is 2.39 bits per heavy atom. The number of hydrogen-bond donors (Lipinski definition) is 2. The second-order valence-electron chi connectivity index (χ2n) is 5.53. The van der Waals surface area contributed by atoms with Gasteiger partial charge in [0.1, 0.15) is 5.75 Å². The summed E-state index contributed by atoms with van der Waals surface area (Å²) in [5.41, 5.74) is 1.83. The van der Waals surface area contributed by atoms with Crippen molar-refractivity contribution < 1.29 is 14.3 Å². The molecule has 118 valence electrons. The number of rotatable bonds is 5. The highest BCUT2D eigenvalue weighted by Gasteiger charge is 2.29. The second kappa shape index (κ2) is 6.52. The van der Waals surface area contributed by atoms with Gasteiger partial charge in [-0.05, 0) is 49.2 Å². The van der Waals surface area contributed by atoms with E-state index in [1.54, 1.807) is 49.6 Å². The number of anilines is 2. The normalized spacial score (nSPS) is 13.3. The van der Waals surface area contributed by atoms with Crippen LogP contribution in [0, 0.1) is 5.92 Å². The van der Waals surface area contributed by atoms with Crippen molar-refractivity contribution in [1.29, 1.82) is 0 Å². The number of amides is 2. The minimum absolute atomic E-state index is 0.0428. The molecule has 0 bridgehead atoms. The zero-order chi connectivity index (χ0) is 16.2. The number of ether oxygens (including phenoxy) is 1. The van der Waals surface area contributed by atoms with Gasteiger partial charge in [-0.2, -0.15) is 0 Å². The number of carbonyl (C=O) groups is 2. The fourth-order valence-electron chi connectivity index (χ4n) is 2.23. The van der Waals surface area contributed by atoms with Gasteiger partial charge < -0.3 is 15.4 Å². The Morgan fingerprint density at radius 1 is 1.00 bits per heavy atom. The molecule has 0 unspecified atom stereocenters. The summed E-state index contributed by atoms with van der Waals surface area (Å²) >= 11 is 0. The lowest BCUT2D eigenvalue weighted by Crippen LogP contribution is -2.14. The van der Waals surface area contributed by atoms with Crippen molar-refractivity contribution in [3.63, 3.8) is 0 Å². The second-order valence-corrected chi connectivity index (χ2v) is 5.53. The third-order valence-electron chi connectivity index (χ3n) is 3.67. The monoisotopic (exact) mass is 310 g/mol. The molecule has 2 aromatic rings. The SMILES string of the molecule is COc1cccc(C(=O)Nc2cccc(NC(=O)C3CC3)c2)c1. The molecule has 23 heavy (non-hydrogen) atoms. The number of carbonyl (C=O) groups excluding carboxylic acids is 2. The summed E-state index contributed by atoms with van der Waals surface area (Å²) in [7, 11) is 1.56. The first-order valence-electron chi connectivity index (χ1n) is 7.52. The Morgan fingerprint density at radius 2 is 1.70 bits per heavy atom. The zero-order valence-corrected chi connectivity index (χ0v) is 12.8. The zero-order valence-electron chi connectivity index (χ0n) is 12.8. The Labute approximate surface area is 134 Å². The average molecular weight is 310 g/mol. The molecule has 0 saturated heterocycles.